The van der Waals surface area contributed by atoms with Gasteiger partial charge in [-0.2, -0.15) is 0 Å². The van der Waals surface area contributed by atoms with E-state index < -0.39 is 12.1 Å². The standard InChI is InChI=1S/C20H21ClN2O5/c1-5-14-9-27-20(26)23(14)15-8-12(4)22-18(16(15)19(24)25)28-17-10(2)6-13(21)7-11(17)3/h6-8,14H,5,9H2,1-4H3,(H,24,25)/t14-/m0/s1. The molecule has 1 amide bonds. The second-order valence-corrected chi connectivity index (χ2v) is 7.18. The molecule has 1 aliphatic heterocycles. The minimum atomic E-state index is -1.24. The van der Waals surface area contributed by atoms with Gasteiger partial charge >= 0.3 is 12.1 Å². The summed E-state index contributed by atoms with van der Waals surface area (Å²) >= 11 is 6.07. The first-order chi connectivity index (χ1) is 13.2. The summed E-state index contributed by atoms with van der Waals surface area (Å²) in [5, 5.41) is 10.4. The van der Waals surface area contributed by atoms with E-state index in [4.69, 9.17) is 21.1 Å². The molecule has 1 aliphatic rings. The Balaban J connectivity index is 2.17. The molecule has 1 N–H and O–H groups in total. The van der Waals surface area contributed by atoms with E-state index in [0.29, 0.717) is 22.9 Å². The number of benzene rings is 1. The molecule has 3 rings (SSSR count). The maximum atomic E-state index is 12.3. The number of pyridine rings is 1. The van der Waals surface area contributed by atoms with Gasteiger partial charge in [-0.25, -0.2) is 14.6 Å². The highest BCUT2D eigenvalue weighted by molar-refractivity contribution is 6.30. The Morgan fingerprint density at radius 3 is 2.54 bits per heavy atom. The number of anilines is 1. The fourth-order valence-electron chi connectivity index (χ4n) is 3.30. The second-order valence-electron chi connectivity index (χ2n) is 6.75. The minimum Gasteiger partial charge on any atom is -0.477 e. The molecule has 1 atom stereocenters. The molecule has 0 unspecified atom stereocenters. The number of hydrogen-bond donors (Lipinski definition) is 1. The fraction of sp³-hybridized carbons (Fsp3) is 0.350. The molecule has 0 aliphatic carbocycles. The van der Waals surface area contributed by atoms with Crippen LogP contribution in [0, 0.1) is 20.8 Å². The topological polar surface area (TPSA) is 89.0 Å². The highest BCUT2D eigenvalue weighted by atomic mass is 35.5. The Morgan fingerprint density at radius 2 is 1.96 bits per heavy atom. The molecule has 2 heterocycles. The van der Waals surface area contributed by atoms with E-state index in [-0.39, 0.29) is 29.8 Å². The molecule has 0 radical (unpaired) electrons. The molecule has 1 aromatic carbocycles. The van der Waals surface area contributed by atoms with Gasteiger partial charge in [0.05, 0.1) is 11.7 Å². The lowest BCUT2D eigenvalue weighted by Gasteiger charge is -2.23. The van der Waals surface area contributed by atoms with Crippen LogP contribution in [0.15, 0.2) is 18.2 Å². The number of aromatic carboxylic acids is 1. The van der Waals surface area contributed by atoms with Crippen LogP contribution in [-0.4, -0.2) is 34.8 Å². The van der Waals surface area contributed by atoms with E-state index in [1.807, 2.05) is 20.8 Å². The number of aromatic nitrogens is 1. The number of hydrogen-bond acceptors (Lipinski definition) is 5. The van der Waals surface area contributed by atoms with Crippen molar-refractivity contribution in [3.8, 4) is 11.6 Å². The summed E-state index contributed by atoms with van der Waals surface area (Å²) < 4.78 is 11.1. The monoisotopic (exact) mass is 404 g/mol. The van der Waals surface area contributed by atoms with E-state index in [9.17, 15) is 14.7 Å². The van der Waals surface area contributed by atoms with Crippen LogP contribution in [0.5, 0.6) is 11.6 Å². The van der Waals surface area contributed by atoms with Crippen molar-refractivity contribution < 1.29 is 24.2 Å². The van der Waals surface area contributed by atoms with Crippen molar-refractivity contribution in [2.45, 2.75) is 40.2 Å². The SMILES string of the molecule is CC[C@H]1COC(=O)N1c1cc(C)nc(Oc2c(C)cc(Cl)cc2C)c1C(=O)O. The van der Waals surface area contributed by atoms with Crippen LogP contribution < -0.4 is 9.64 Å². The lowest BCUT2D eigenvalue weighted by molar-refractivity contribution is 0.0694. The van der Waals surface area contributed by atoms with Crippen molar-refractivity contribution in [1.29, 1.82) is 0 Å². The highest BCUT2D eigenvalue weighted by Crippen LogP contribution is 2.37. The highest BCUT2D eigenvalue weighted by Gasteiger charge is 2.37. The van der Waals surface area contributed by atoms with Crippen molar-refractivity contribution in [3.05, 3.63) is 45.6 Å². The molecular weight excluding hydrogens is 384 g/mol. The van der Waals surface area contributed by atoms with Crippen LogP contribution in [0.2, 0.25) is 5.02 Å². The molecule has 0 bridgehead atoms. The van der Waals surface area contributed by atoms with E-state index in [2.05, 4.69) is 4.98 Å². The van der Waals surface area contributed by atoms with E-state index >= 15 is 0 Å². The molecule has 1 aromatic heterocycles. The largest absolute Gasteiger partial charge is 0.477 e. The number of cyclic esters (lactones) is 1. The van der Waals surface area contributed by atoms with Crippen molar-refractivity contribution >= 4 is 29.4 Å². The summed E-state index contributed by atoms with van der Waals surface area (Å²) in [6.45, 7) is 7.46. The van der Waals surface area contributed by atoms with Gasteiger partial charge in [0.25, 0.3) is 0 Å². The van der Waals surface area contributed by atoms with E-state index in [1.165, 1.54) is 4.90 Å². The molecule has 0 spiro atoms. The third-order valence-corrected chi connectivity index (χ3v) is 4.84. The van der Waals surface area contributed by atoms with Gasteiger partial charge in [0.15, 0.2) is 0 Å². The molecule has 1 saturated heterocycles. The Morgan fingerprint density at radius 1 is 1.32 bits per heavy atom. The lowest BCUT2D eigenvalue weighted by Crippen LogP contribution is -2.34. The quantitative estimate of drug-likeness (QED) is 0.763. The summed E-state index contributed by atoms with van der Waals surface area (Å²) in [5.41, 5.74) is 2.05. The predicted molar refractivity (Wildman–Crippen MR) is 105 cm³/mol. The van der Waals surface area contributed by atoms with Crippen LogP contribution in [0.1, 0.15) is 40.5 Å². The average molecular weight is 405 g/mol. The number of amides is 1. The number of carboxylic acid groups (broad SMARTS) is 1. The van der Waals surface area contributed by atoms with Crippen molar-refractivity contribution in [1.82, 2.24) is 4.98 Å². The van der Waals surface area contributed by atoms with Gasteiger partial charge in [-0.05, 0) is 56.5 Å². The maximum Gasteiger partial charge on any atom is 0.414 e. The Bertz CT molecular complexity index is 937. The number of rotatable bonds is 5. The third-order valence-electron chi connectivity index (χ3n) is 4.62. The van der Waals surface area contributed by atoms with Gasteiger partial charge in [0.1, 0.15) is 17.9 Å². The smallest absolute Gasteiger partial charge is 0.414 e. The van der Waals surface area contributed by atoms with Gasteiger partial charge in [-0.1, -0.05) is 18.5 Å². The van der Waals surface area contributed by atoms with Crippen LogP contribution in [0.3, 0.4) is 0 Å². The van der Waals surface area contributed by atoms with Gasteiger partial charge in [0, 0.05) is 10.7 Å². The number of carbonyl (C=O) groups excluding carboxylic acids is 1. The molecule has 1 fully saturated rings. The number of ether oxygens (including phenoxy) is 2. The summed E-state index contributed by atoms with van der Waals surface area (Å²) in [6.07, 6.45) is 0.0438. The lowest BCUT2D eigenvalue weighted by atomic mass is 10.1. The Hall–Kier alpha value is -2.80. The average Bonchev–Trinajstić information content (AvgIpc) is 2.97. The first-order valence-electron chi connectivity index (χ1n) is 8.88. The van der Waals surface area contributed by atoms with E-state index in [0.717, 1.165) is 11.1 Å². The summed E-state index contributed by atoms with van der Waals surface area (Å²) in [5.74, 6) is -0.839. The molecule has 0 saturated carbocycles. The van der Waals surface area contributed by atoms with Crippen molar-refractivity contribution in [3.63, 3.8) is 0 Å². The van der Waals surface area contributed by atoms with E-state index in [1.54, 1.807) is 25.1 Å². The molecule has 2 aromatic rings. The molecule has 7 nitrogen and oxygen atoms in total. The second kappa shape index (κ2) is 7.67. The number of nitrogens with zero attached hydrogens (tertiary/aromatic N) is 2. The zero-order valence-corrected chi connectivity index (χ0v) is 16.8. The predicted octanol–water partition coefficient (Wildman–Crippen LogP) is 4.89. The van der Waals surface area contributed by atoms with Gasteiger partial charge in [0.2, 0.25) is 5.88 Å². The summed E-state index contributed by atoms with van der Waals surface area (Å²) in [7, 11) is 0. The summed E-state index contributed by atoms with van der Waals surface area (Å²) in [4.78, 5) is 30.0. The van der Waals surface area contributed by atoms with Crippen LogP contribution in [0.25, 0.3) is 0 Å². The first kappa shape index (κ1) is 19.9. The zero-order chi connectivity index (χ0) is 20.6. The molecule has 148 valence electrons. The molecular formula is C20H21ClN2O5. The Labute approximate surface area is 167 Å². The first-order valence-corrected chi connectivity index (χ1v) is 9.26. The zero-order valence-electron chi connectivity index (χ0n) is 16.1. The molecule has 28 heavy (non-hydrogen) atoms. The van der Waals surface area contributed by atoms with Crippen molar-refractivity contribution in [2.75, 3.05) is 11.5 Å². The van der Waals surface area contributed by atoms with Crippen molar-refractivity contribution in [2.24, 2.45) is 0 Å². The van der Waals surface area contributed by atoms with Crippen LogP contribution in [0.4, 0.5) is 10.5 Å². The number of aryl methyl sites for hydroxylation is 3. The third kappa shape index (κ3) is 3.62. The van der Waals surface area contributed by atoms with Gasteiger partial charge in [-0.15, -0.1) is 0 Å². The van der Waals surface area contributed by atoms with Gasteiger partial charge in [-0.3, -0.25) is 4.90 Å². The fourth-order valence-corrected chi connectivity index (χ4v) is 3.63. The summed E-state index contributed by atoms with van der Waals surface area (Å²) in [6, 6.07) is 4.77. The van der Waals surface area contributed by atoms with Crippen LogP contribution in [-0.2, 0) is 4.74 Å². The van der Waals surface area contributed by atoms with Crippen LogP contribution >= 0.6 is 11.6 Å². The molecule has 8 heteroatoms. The number of carboxylic acids is 1. The minimum absolute atomic E-state index is 0.0782. The van der Waals surface area contributed by atoms with Gasteiger partial charge < -0.3 is 14.6 Å². The normalized spacial score (nSPS) is 16.2. The number of halogens is 1. The Kier molecular flexibility index (Phi) is 5.47. The maximum absolute atomic E-state index is 12.3. The number of carbonyl (C=O) groups is 2.